The first-order valence-electron chi connectivity index (χ1n) is 5.05. The zero-order valence-electron chi connectivity index (χ0n) is 9.52. The van der Waals surface area contributed by atoms with Crippen LogP contribution in [0.2, 0.25) is 0 Å². The number of aromatic nitrogens is 3. The Labute approximate surface area is 103 Å². The average molecular weight is 248 g/mol. The topological polar surface area (TPSA) is 76.7 Å². The van der Waals surface area contributed by atoms with Crippen LogP contribution in [0, 0.1) is 18.6 Å². The predicted octanol–water partition coefficient (Wildman–Crippen LogP) is 1.30. The Morgan fingerprint density at radius 1 is 1.35 bits per heavy atom. The van der Waals surface area contributed by atoms with Gasteiger partial charge >= 0.3 is 0 Å². The van der Waals surface area contributed by atoms with Gasteiger partial charge in [-0.15, -0.1) is 0 Å². The summed E-state index contributed by atoms with van der Waals surface area (Å²) in [5.74, 6) is 5.52. The minimum Gasteiger partial charge on any atom is -0.334 e. The van der Waals surface area contributed by atoms with E-state index < -0.39 is 5.56 Å². The van der Waals surface area contributed by atoms with E-state index in [1.807, 2.05) is 32.0 Å². The lowest BCUT2D eigenvalue weighted by molar-refractivity contribution is 0.807. The van der Waals surface area contributed by atoms with Crippen LogP contribution < -0.4 is 11.4 Å². The van der Waals surface area contributed by atoms with E-state index in [-0.39, 0.29) is 10.5 Å². The Hall–Kier alpha value is -1.95. The first-order valence-corrected chi connectivity index (χ1v) is 5.46. The monoisotopic (exact) mass is 248 g/mol. The highest BCUT2D eigenvalue weighted by Crippen LogP contribution is 2.16. The zero-order chi connectivity index (χ0) is 12.6. The number of hydrogen-bond acceptors (Lipinski definition) is 4. The lowest BCUT2D eigenvalue weighted by Gasteiger charge is -2.05. The van der Waals surface area contributed by atoms with Gasteiger partial charge in [-0.05, 0) is 43.3 Å². The number of rotatable bonds is 1. The van der Waals surface area contributed by atoms with Gasteiger partial charge in [0.25, 0.3) is 5.56 Å². The van der Waals surface area contributed by atoms with Crippen LogP contribution in [0.3, 0.4) is 0 Å². The molecule has 0 radical (unpaired) electrons. The number of nitrogens with one attached hydrogen (secondary N) is 1. The fraction of sp³-hybridized carbons (Fsp3) is 0.182. The third-order valence-electron chi connectivity index (χ3n) is 2.68. The molecule has 2 rings (SSSR count). The smallest absolute Gasteiger partial charge is 0.299 e. The molecule has 88 valence electrons. The molecule has 0 spiro atoms. The van der Waals surface area contributed by atoms with Gasteiger partial charge in [0, 0.05) is 5.56 Å². The van der Waals surface area contributed by atoms with E-state index in [1.54, 1.807) is 0 Å². The summed E-state index contributed by atoms with van der Waals surface area (Å²) in [7, 11) is 0. The molecule has 0 aliphatic heterocycles. The van der Waals surface area contributed by atoms with Gasteiger partial charge in [-0.25, -0.2) is 0 Å². The third-order valence-corrected chi connectivity index (χ3v) is 2.97. The molecule has 0 saturated carbocycles. The molecule has 17 heavy (non-hydrogen) atoms. The highest BCUT2D eigenvalue weighted by molar-refractivity contribution is 7.71. The number of aromatic amines is 1. The van der Waals surface area contributed by atoms with E-state index in [2.05, 4.69) is 10.2 Å². The molecule has 0 bridgehead atoms. The summed E-state index contributed by atoms with van der Waals surface area (Å²) < 4.78 is 0.981. The number of aryl methyl sites for hydroxylation is 2. The normalized spacial score (nSPS) is 10.5. The minimum atomic E-state index is -0.406. The van der Waals surface area contributed by atoms with Crippen molar-refractivity contribution >= 4 is 12.2 Å². The molecular weight excluding hydrogens is 236 g/mol. The van der Waals surface area contributed by atoms with E-state index in [9.17, 15) is 4.79 Å². The summed E-state index contributed by atoms with van der Waals surface area (Å²) >= 11 is 4.82. The lowest BCUT2D eigenvalue weighted by atomic mass is 10.0. The maximum Gasteiger partial charge on any atom is 0.299 e. The van der Waals surface area contributed by atoms with Crippen molar-refractivity contribution in [3.63, 3.8) is 0 Å². The molecule has 0 amide bonds. The molecule has 0 atom stereocenters. The summed E-state index contributed by atoms with van der Waals surface area (Å²) in [6.07, 6.45) is 0. The van der Waals surface area contributed by atoms with Crippen molar-refractivity contribution in [1.29, 1.82) is 0 Å². The molecule has 1 heterocycles. The second-order valence-electron chi connectivity index (χ2n) is 3.85. The molecule has 1 aromatic carbocycles. The van der Waals surface area contributed by atoms with E-state index in [1.165, 1.54) is 0 Å². The fourth-order valence-electron chi connectivity index (χ4n) is 1.49. The largest absolute Gasteiger partial charge is 0.334 e. The Bertz CT molecular complexity index is 687. The van der Waals surface area contributed by atoms with Crippen LogP contribution in [0.4, 0.5) is 0 Å². The SMILES string of the molecule is Cc1ccc(-c2n[nH]c(=S)n(N)c2=O)cc1C. The second-order valence-corrected chi connectivity index (χ2v) is 4.24. The average Bonchev–Trinajstić information content (AvgIpc) is 2.30. The summed E-state index contributed by atoms with van der Waals surface area (Å²) in [5.41, 5.74) is 2.84. The number of hydrogen-bond donors (Lipinski definition) is 2. The number of nitrogens with zero attached hydrogens (tertiary/aromatic N) is 2. The summed E-state index contributed by atoms with van der Waals surface area (Å²) in [6.45, 7) is 3.98. The summed E-state index contributed by atoms with van der Waals surface area (Å²) in [4.78, 5) is 11.9. The molecule has 0 unspecified atom stereocenters. The van der Waals surface area contributed by atoms with Gasteiger partial charge in [0.1, 0.15) is 0 Å². The van der Waals surface area contributed by atoms with Crippen molar-refractivity contribution < 1.29 is 0 Å². The quantitative estimate of drug-likeness (QED) is 0.589. The minimum absolute atomic E-state index is 0.0996. The van der Waals surface area contributed by atoms with Gasteiger partial charge in [-0.3, -0.25) is 9.89 Å². The second kappa shape index (κ2) is 4.14. The van der Waals surface area contributed by atoms with Gasteiger partial charge in [-0.2, -0.15) is 9.77 Å². The Morgan fingerprint density at radius 2 is 2.06 bits per heavy atom. The van der Waals surface area contributed by atoms with Crippen molar-refractivity contribution in [2.45, 2.75) is 13.8 Å². The number of nitrogens with two attached hydrogens (primary N) is 1. The highest BCUT2D eigenvalue weighted by Gasteiger charge is 2.08. The number of benzene rings is 1. The van der Waals surface area contributed by atoms with E-state index in [4.69, 9.17) is 18.1 Å². The summed E-state index contributed by atoms with van der Waals surface area (Å²) in [5, 5.41) is 6.48. The van der Waals surface area contributed by atoms with Crippen LogP contribution in [0.5, 0.6) is 0 Å². The van der Waals surface area contributed by atoms with Crippen molar-refractivity contribution in [2.24, 2.45) is 0 Å². The number of H-pyrrole nitrogens is 1. The van der Waals surface area contributed by atoms with Gasteiger partial charge in [0.15, 0.2) is 5.69 Å². The van der Waals surface area contributed by atoms with Crippen molar-refractivity contribution in [3.05, 3.63) is 44.5 Å². The Morgan fingerprint density at radius 3 is 2.71 bits per heavy atom. The molecule has 0 aliphatic rings. The van der Waals surface area contributed by atoms with Gasteiger partial charge in [0.05, 0.1) is 0 Å². The summed E-state index contributed by atoms with van der Waals surface area (Å²) in [6, 6.07) is 5.67. The maximum absolute atomic E-state index is 11.9. The van der Waals surface area contributed by atoms with Crippen LogP contribution >= 0.6 is 12.2 Å². The molecular formula is C11H12N4OS. The van der Waals surface area contributed by atoms with Gasteiger partial charge in [0.2, 0.25) is 4.77 Å². The fourth-order valence-corrected chi connectivity index (χ4v) is 1.62. The van der Waals surface area contributed by atoms with Crippen LogP contribution in [0.1, 0.15) is 11.1 Å². The van der Waals surface area contributed by atoms with E-state index in [0.29, 0.717) is 0 Å². The molecule has 5 nitrogen and oxygen atoms in total. The Kier molecular flexibility index (Phi) is 2.81. The van der Waals surface area contributed by atoms with Crippen LogP contribution in [0.15, 0.2) is 23.0 Å². The standard InChI is InChI=1S/C11H12N4OS/c1-6-3-4-8(5-7(6)2)9-10(16)15(12)11(17)14-13-9/h3-5H,12H2,1-2H3,(H,14,17). The molecule has 2 aromatic rings. The molecule has 3 N–H and O–H groups in total. The predicted molar refractivity (Wildman–Crippen MR) is 68.7 cm³/mol. The van der Waals surface area contributed by atoms with Gasteiger partial charge < -0.3 is 5.84 Å². The van der Waals surface area contributed by atoms with Crippen molar-refractivity contribution in [1.82, 2.24) is 14.9 Å². The van der Waals surface area contributed by atoms with Crippen molar-refractivity contribution in [2.75, 3.05) is 5.84 Å². The van der Waals surface area contributed by atoms with Crippen molar-refractivity contribution in [3.8, 4) is 11.3 Å². The molecule has 1 aromatic heterocycles. The molecule has 0 aliphatic carbocycles. The Balaban J connectivity index is 2.69. The van der Waals surface area contributed by atoms with Crippen LogP contribution in [-0.2, 0) is 0 Å². The molecule has 0 fully saturated rings. The number of nitrogen functional groups attached to an aromatic ring is 1. The zero-order valence-corrected chi connectivity index (χ0v) is 10.3. The van der Waals surface area contributed by atoms with Gasteiger partial charge in [-0.1, -0.05) is 12.1 Å². The maximum atomic E-state index is 11.9. The van der Waals surface area contributed by atoms with E-state index >= 15 is 0 Å². The third kappa shape index (κ3) is 1.99. The molecule has 0 saturated heterocycles. The first-order chi connectivity index (χ1) is 8.00. The lowest BCUT2D eigenvalue weighted by Crippen LogP contribution is -2.30. The first kappa shape index (κ1) is 11.5. The van der Waals surface area contributed by atoms with Crippen LogP contribution in [-0.4, -0.2) is 14.9 Å². The van der Waals surface area contributed by atoms with E-state index in [0.717, 1.165) is 21.4 Å². The van der Waals surface area contributed by atoms with Crippen LogP contribution in [0.25, 0.3) is 11.3 Å². The highest BCUT2D eigenvalue weighted by atomic mass is 32.1. The molecule has 6 heteroatoms.